The summed E-state index contributed by atoms with van der Waals surface area (Å²) in [6.45, 7) is 2.06. The molecule has 0 fully saturated rings. The standard InChI is InChI=1S/C30H35F3N7O7P/c1-5-47-48(43,44)17-18-7-9-22(24(13-18)45-3)38-29-35-15-21(30(31,32)33)27(39-29)37-23-10-8-20(26(46-4)25(23)28(42)34-2)19-14-36-40(16-19)11-6-12-41/h7-10,13-16,41H,5-6,11-12,17H2,1-4H3,(H,34,42)(H,43,44)(H2,35,37,38,39). The Morgan fingerprint density at radius 3 is 2.48 bits per heavy atom. The van der Waals surface area contributed by atoms with Crippen molar-refractivity contribution < 1.29 is 46.5 Å². The number of hydrogen-bond acceptors (Lipinski definition) is 11. The summed E-state index contributed by atoms with van der Waals surface area (Å²) in [7, 11) is 0.150. The lowest BCUT2D eigenvalue weighted by molar-refractivity contribution is -0.137. The zero-order chi connectivity index (χ0) is 35.1. The zero-order valence-corrected chi connectivity index (χ0v) is 27.4. The highest BCUT2D eigenvalue weighted by molar-refractivity contribution is 7.51. The number of methoxy groups -OCH3 is 2. The maximum atomic E-state index is 14.2. The Kier molecular flexibility index (Phi) is 11.6. The number of rotatable bonds is 15. The monoisotopic (exact) mass is 693 g/mol. The van der Waals surface area contributed by atoms with Gasteiger partial charge in [-0.1, -0.05) is 6.07 Å². The zero-order valence-electron chi connectivity index (χ0n) is 26.5. The number of benzene rings is 2. The van der Waals surface area contributed by atoms with E-state index in [0.29, 0.717) is 35.9 Å². The fourth-order valence-electron chi connectivity index (χ4n) is 4.74. The third kappa shape index (κ3) is 8.60. The fraction of sp³-hybridized carbons (Fsp3) is 0.333. The average molecular weight is 694 g/mol. The van der Waals surface area contributed by atoms with Gasteiger partial charge in [-0.15, -0.1) is 0 Å². The highest BCUT2D eigenvalue weighted by Gasteiger charge is 2.36. The van der Waals surface area contributed by atoms with Gasteiger partial charge >= 0.3 is 13.8 Å². The lowest BCUT2D eigenvalue weighted by Gasteiger charge is -2.19. The smallest absolute Gasteiger partial charge is 0.421 e. The topological polar surface area (TPSA) is 182 Å². The second kappa shape index (κ2) is 15.5. The van der Waals surface area contributed by atoms with Crippen LogP contribution in [0.3, 0.4) is 0 Å². The van der Waals surface area contributed by atoms with E-state index >= 15 is 0 Å². The van der Waals surface area contributed by atoms with Crippen molar-refractivity contribution in [3.63, 3.8) is 0 Å². The van der Waals surface area contributed by atoms with Crippen LogP contribution in [0.25, 0.3) is 11.1 Å². The molecule has 0 bridgehead atoms. The van der Waals surface area contributed by atoms with Gasteiger partial charge in [-0.25, -0.2) is 4.98 Å². The first-order valence-electron chi connectivity index (χ1n) is 14.5. The molecule has 1 unspecified atom stereocenters. The quantitative estimate of drug-likeness (QED) is 0.101. The molecule has 4 aromatic rings. The van der Waals surface area contributed by atoms with E-state index in [1.54, 1.807) is 30.1 Å². The van der Waals surface area contributed by atoms with Crippen LogP contribution < -0.4 is 25.4 Å². The summed E-state index contributed by atoms with van der Waals surface area (Å²) in [5.41, 5.74) is 0.366. The maximum absolute atomic E-state index is 14.2. The minimum atomic E-state index is -4.88. The first kappa shape index (κ1) is 36.1. The summed E-state index contributed by atoms with van der Waals surface area (Å²) in [6.07, 6.45) is -0.859. The summed E-state index contributed by atoms with van der Waals surface area (Å²) >= 11 is 0. The van der Waals surface area contributed by atoms with E-state index < -0.39 is 31.1 Å². The largest absolute Gasteiger partial charge is 0.495 e. The molecule has 1 atom stereocenters. The summed E-state index contributed by atoms with van der Waals surface area (Å²) in [6, 6.07) is 7.49. The Balaban J connectivity index is 1.74. The number of halogens is 3. The van der Waals surface area contributed by atoms with Gasteiger partial charge in [0, 0.05) is 43.7 Å². The van der Waals surface area contributed by atoms with Crippen molar-refractivity contribution in [2.24, 2.45) is 0 Å². The molecule has 5 N–H and O–H groups in total. The van der Waals surface area contributed by atoms with Crippen LogP contribution >= 0.6 is 7.60 Å². The molecule has 14 nitrogen and oxygen atoms in total. The normalized spacial score (nSPS) is 12.7. The van der Waals surface area contributed by atoms with Crippen LogP contribution in [0, 0.1) is 0 Å². The van der Waals surface area contributed by atoms with E-state index in [1.807, 2.05) is 0 Å². The van der Waals surface area contributed by atoms with Gasteiger partial charge in [-0.2, -0.15) is 23.3 Å². The van der Waals surface area contributed by atoms with Crippen LogP contribution in [0.4, 0.5) is 36.3 Å². The molecule has 0 aliphatic carbocycles. The van der Waals surface area contributed by atoms with Crippen LogP contribution in [0.5, 0.6) is 11.5 Å². The molecule has 0 spiro atoms. The van der Waals surface area contributed by atoms with Crippen LogP contribution in [0.2, 0.25) is 0 Å². The molecule has 258 valence electrons. The van der Waals surface area contributed by atoms with E-state index in [0.717, 1.165) is 0 Å². The number of nitrogens with one attached hydrogen (secondary N) is 3. The van der Waals surface area contributed by atoms with Crippen LogP contribution in [0.15, 0.2) is 48.9 Å². The number of aryl methyl sites for hydroxylation is 1. The Hall–Kier alpha value is -4.70. The van der Waals surface area contributed by atoms with E-state index in [-0.39, 0.29) is 53.8 Å². The number of nitrogens with zero attached hydrogens (tertiary/aromatic N) is 4. The third-order valence-electron chi connectivity index (χ3n) is 6.88. The minimum Gasteiger partial charge on any atom is -0.495 e. The number of ether oxygens (including phenoxy) is 2. The van der Waals surface area contributed by atoms with Crippen LogP contribution in [0.1, 0.15) is 34.8 Å². The molecule has 4 rings (SSSR count). The van der Waals surface area contributed by atoms with Crippen LogP contribution in [-0.4, -0.2) is 70.1 Å². The first-order chi connectivity index (χ1) is 22.8. The van der Waals surface area contributed by atoms with E-state index in [4.69, 9.17) is 19.1 Å². The van der Waals surface area contributed by atoms with Crippen molar-refractivity contribution in [3.05, 3.63) is 65.6 Å². The van der Waals surface area contributed by atoms with Crippen molar-refractivity contribution in [1.82, 2.24) is 25.1 Å². The molecular weight excluding hydrogens is 658 g/mol. The Bertz CT molecular complexity index is 1800. The summed E-state index contributed by atoms with van der Waals surface area (Å²) in [5, 5.41) is 21.3. The number of amides is 1. The lowest BCUT2D eigenvalue weighted by Crippen LogP contribution is -2.21. The number of aliphatic hydroxyl groups is 1. The van der Waals surface area contributed by atoms with E-state index in [1.165, 1.54) is 45.5 Å². The third-order valence-corrected chi connectivity index (χ3v) is 8.30. The predicted molar refractivity (Wildman–Crippen MR) is 171 cm³/mol. The van der Waals surface area contributed by atoms with Crippen molar-refractivity contribution >= 4 is 36.6 Å². The Labute approximate surface area is 273 Å². The molecule has 48 heavy (non-hydrogen) atoms. The summed E-state index contributed by atoms with van der Waals surface area (Å²) in [5.74, 6) is -1.29. The molecular formula is C30H35F3N7O7P. The van der Waals surface area contributed by atoms with Gasteiger partial charge in [0.2, 0.25) is 5.95 Å². The molecule has 1 amide bonds. The molecule has 2 aromatic heterocycles. The van der Waals surface area contributed by atoms with Gasteiger partial charge in [0.15, 0.2) is 0 Å². The number of alkyl halides is 3. The molecule has 2 heterocycles. The molecule has 2 aromatic carbocycles. The SMILES string of the molecule is CCOP(=O)(O)Cc1ccc(Nc2ncc(C(F)(F)F)c(Nc3ccc(-c4cnn(CCCO)c4)c(OC)c3C(=O)NC)n2)c(OC)c1. The second-order valence-corrected chi connectivity index (χ2v) is 12.0. The number of anilines is 4. The summed E-state index contributed by atoms with van der Waals surface area (Å²) in [4.78, 5) is 31.1. The molecule has 18 heteroatoms. The fourth-order valence-corrected chi connectivity index (χ4v) is 5.90. The highest BCUT2D eigenvalue weighted by Crippen LogP contribution is 2.46. The number of aliphatic hydroxyl groups excluding tert-OH is 1. The predicted octanol–water partition coefficient (Wildman–Crippen LogP) is 5.33. The van der Waals surface area contributed by atoms with Gasteiger partial charge in [-0.05, 0) is 43.2 Å². The molecule has 0 aliphatic heterocycles. The molecule has 0 aliphatic rings. The van der Waals surface area contributed by atoms with Gasteiger partial charge in [0.25, 0.3) is 5.91 Å². The van der Waals surface area contributed by atoms with E-state index in [2.05, 4.69) is 31.0 Å². The molecule has 0 radical (unpaired) electrons. The Morgan fingerprint density at radius 2 is 1.83 bits per heavy atom. The number of carbonyl (C=O) groups excluding carboxylic acids is 1. The van der Waals surface area contributed by atoms with Crippen molar-refractivity contribution in [2.75, 3.05) is 45.1 Å². The number of aromatic nitrogens is 4. The maximum Gasteiger partial charge on any atom is 0.421 e. The minimum absolute atomic E-state index is 0.0244. The lowest BCUT2D eigenvalue weighted by atomic mass is 10.0. The first-order valence-corrected chi connectivity index (χ1v) is 16.3. The number of hydrogen-bond donors (Lipinski definition) is 5. The second-order valence-electron chi connectivity index (χ2n) is 10.2. The van der Waals surface area contributed by atoms with Crippen molar-refractivity contribution in [1.29, 1.82) is 0 Å². The van der Waals surface area contributed by atoms with Gasteiger partial charge in [-0.3, -0.25) is 14.0 Å². The number of carbonyl (C=O) groups is 1. The van der Waals surface area contributed by atoms with Gasteiger partial charge < -0.3 is 39.9 Å². The summed E-state index contributed by atoms with van der Waals surface area (Å²) < 4.78 is 72.2. The van der Waals surface area contributed by atoms with Gasteiger partial charge in [0.05, 0.1) is 44.6 Å². The van der Waals surface area contributed by atoms with Gasteiger partial charge in [0.1, 0.15) is 28.4 Å². The van der Waals surface area contributed by atoms with E-state index in [9.17, 15) is 27.4 Å². The average Bonchev–Trinajstić information content (AvgIpc) is 3.51. The molecule has 0 saturated carbocycles. The van der Waals surface area contributed by atoms with Crippen molar-refractivity contribution in [2.45, 2.75) is 32.2 Å². The molecule has 0 saturated heterocycles. The van der Waals surface area contributed by atoms with Crippen molar-refractivity contribution in [3.8, 4) is 22.6 Å². The Morgan fingerprint density at radius 1 is 1.08 bits per heavy atom. The van der Waals surface area contributed by atoms with Crippen LogP contribution in [-0.2, 0) is 28.0 Å². The highest BCUT2D eigenvalue weighted by atomic mass is 31.2.